The average Bonchev–Trinajstić information content (AvgIpc) is 2.94. The molecule has 1 aromatic carbocycles. The molecule has 0 radical (unpaired) electrons. The lowest BCUT2D eigenvalue weighted by atomic mass is 9.98. The Balaban J connectivity index is 1.88. The molecule has 0 aliphatic carbocycles. The van der Waals surface area contributed by atoms with Crippen LogP contribution >= 0.6 is 0 Å². The Morgan fingerprint density at radius 1 is 1.38 bits per heavy atom. The first kappa shape index (κ1) is 13.9. The van der Waals surface area contributed by atoms with E-state index in [0.717, 1.165) is 43.9 Å². The van der Waals surface area contributed by atoms with Crippen LogP contribution in [0.2, 0.25) is 0 Å². The minimum Gasteiger partial charge on any atom is -0.364 e. The van der Waals surface area contributed by atoms with E-state index >= 15 is 0 Å². The first-order valence-corrected chi connectivity index (χ1v) is 7.58. The van der Waals surface area contributed by atoms with Gasteiger partial charge in [0.2, 0.25) is 0 Å². The summed E-state index contributed by atoms with van der Waals surface area (Å²) in [6.45, 7) is 6.57. The van der Waals surface area contributed by atoms with Gasteiger partial charge in [0.15, 0.2) is 5.78 Å². The molecule has 4 nitrogen and oxygen atoms in total. The largest absolute Gasteiger partial charge is 0.364 e. The number of fused-ring (bicyclic) bond motifs is 1. The molecule has 110 valence electrons. The number of carbonyl (C=O) groups excluding carboxylic acids is 1. The van der Waals surface area contributed by atoms with Gasteiger partial charge in [-0.3, -0.25) is 4.79 Å². The molecule has 4 heteroatoms. The van der Waals surface area contributed by atoms with Crippen LogP contribution in [-0.2, 0) is 19.5 Å². The van der Waals surface area contributed by atoms with Crippen molar-refractivity contribution in [2.45, 2.75) is 39.8 Å². The Morgan fingerprint density at radius 2 is 2.24 bits per heavy atom. The molecule has 0 fully saturated rings. The zero-order valence-electron chi connectivity index (χ0n) is 12.7. The molecule has 0 N–H and O–H groups in total. The normalized spacial score (nSPS) is 14.1. The number of anilines is 1. The molecular formula is C17H21N3O. The van der Waals surface area contributed by atoms with Crippen molar-refractivity contribution in [2.24, 2.45) is 0 Å². The SMILES string of the molecule is CCn1ccnc1CN1CCCc2cc(C(C)=O)ccc21. The topological polar surface area (TPSA) is 38.1 Å². The molecule has 1 aromatic heterocycles. The van der Waals surface area contributed by atoms with Gasteiger partial charge in [-0.2, -0.15) is 0 Å². The summed E-state index contributed by atoms with van der Waals surface area (Å²) >= 11 is 0. The maximum atomic E-state index is 11.5. The molecule has 0 unspecified atom stereocenters. The van der Waals surface area contributed by atoms with Gasteiger partial charge in [-0.25, -0.2) is 4.98 Å². The lowest BCUT2D eigenvalue weighted by Gasteiger charge is -2.31. The highest BCUT2D eigenvalue weighted by Crippen LogP contribution is 2.29. The van der Waals surface area contributed by atoms with Crippen molar-refractivity contribution in [1.29, 1.82) is 0 Å². The second-order valence-corrected chi connectivity index (χ2v) is 5.55. The summed E-state index contributed by atoms with van der Waals surface area (Å²) in [7, 11) is 0. The molecule has 0 bridgehead atoms. The van der Waals surface area contributed by atoms with Crippen molar-refractivity contribution < 1.29 is 4.79 Å². The van der Waals surface area contributed by atoms with Gasteiger partial charge in [0.1, 0.15) is 5.82 Å². The Hall–Kier alpha value is -2.10. The first-order chi connectivity index (χ1) is 10.2. The standard InChI is InChI=1S/C17H21N3O/c1-3-19-10-8-18-17(19)12-20-9-4-5-15-11-14(13(2)21)6-7-16(15)20/h6-8,10-11H,3-5,9,12H2,1-2H3. The van der Waals surface area contributed by atoms with Gasteiger partial charge in [-0.1, -0.05) is 0 Å². The van der Waals surface area contributed by atoms with Gasteiger partial charge in [0, 0.05) is 36.7 Å². The van der Waals surface area contributed by atoms with E-state index in [4.69, 9.17) is 0 Å². The van der Waals surface area contributed by atoms with Gasteiger partial charge < -0.3 is 9.47 Å². The number of aromatic nitrogens is 2. The minimum atomic E-state index is 0.136. The van der Waals surface area contributed by atoms with Gasteiger partial charge in [-0.05, 0) is 50.5 Å². The summed E-state index contributed by atoms with van der Waals surface area (Å²) in [6.07, 6.45) is 6.07. The summed E-state index contributed by atoms with van der Waals surface area (Å²) in [5.74, 6) is 1.23. The number of hydrogen-bond acceptors (Lipinski definition) is 3. The fourth-order valence-electron chi connectivity index (χ4n) is 3.01. The van der Waals surface area contributed by atoms with Crippen molar-refractivity contribution in [3.8, 4) is 0 Å². The number of benzene rings is 1. The number of carbonyl (C=O) groups is 1. The van der Waals surface area contributed by atoms with Crippen LogP contribution in [0, 0.1) is 0 Å². The zero-order chi connectivity index (χ0) is 14.8. The van der Waals surface area contributed by atoms with E-state index in [1.54, 1.807) is 6.92 Å². The summed E-state index contributed by atoms with van der Waals surface area (Å²) < 4.78 is 2.18. The molecule has 21 heavy (non-hydrogen) atoms. The highest BCUT2D eigenvalue weighted by Gasteiger charge is 2.19. The minimum absolute atomic E-state index is 0.136. The summed E-state index contributed by atoms with van der Waals surface area (Å²) in [6, 6.07) is 6.08. The third kappa shape index (κ3) is 2.71. The smallest absolute Gasteiger partial charge is 0.159 e. The Kier molecular flexibility index (Phi) is 3.78. The quantitative estimate of drug-likeness (QED) is 0.809. The molecule has 3 rings (SSSR count). The molecule has 0 amide bonds. The Labute approximate surface area is 125 Å². The predicted molar refractivity (Wildman–Crippen MR) is 83.7 cm³/mol. The van der Waals surface area contributed by atoms with Crippen LogP contribution in [0.3, 0.4) is 0 Å². The van der Waals surface area contributed by atoms with Crippen LogP contribution in [0.25, 0.3) is 0 Å². The van der Waals surface area contributed by atoms with Crippen LogP contribution in [0.5, 0.6) is 0 Å². The fourth-order valence-corrected chi connectivity index (χ4v) is 3.01. The second kappa shape index (κ2) is 5.72. The van der Waals surface area contributed by atoms with Crippen molar-refractivity contribution in [3.05, 3.63) is 47.5 Å². The summed E-state index contributed by atoms with van der Waals surface area (Å²) in [5.41, 5.74) is 3.34. The third-order valence-electron chi connectivity index (χ3n) is 4.18. The lowest BCUT2D eigenvalue weighted by Crippen LogP contribution is -2.30. The molecular weight excluding hydrogens is 262 g/mol. The highest BCUT2D eigenvalue weighted by molar-refractivity contribution is 5.94. The molecule has 0 spiro atoms. The third-order valence-corrected chi connectivity index (χ3v) is 4.18. The van der Waals surface area contributed by atoms with Crippen LogP contribution in [0.15, 0.2) is 30.6 Å². The number of imidazole rings is 1. The number of aryl methyl sites for hydroxylation is 2. The van der Waals surface area contributed by atoms with E-state index < -0.39 is 0 Å². The maximum absolute atomic E-state index is 11.5. The van der Waals surface area contributed by atoms with Crippen molar-refractivity contribution in [2.75, 3.05) is 11.4 Å². The maximum Gasteiger partial charge on any atom is 0.159 e. The molecule has 0 saturated carbocycles. The number of ketones is 1. The van der Waals surface area contributed by atoms with Crippen molar-refractivity contribution >= 4 is 11.5 Å². The Morgan fingerprint density at radius 3 is 3.00 bits per heavy atom. The molecule has 2 heterocycles. The molecule has 2 aromatic rings. The first-order valence-electron chi connectivity index (χ1n) is 7.58. The van der Waals surface area contributed by atoms with Gasteiger partial charge in [-0.15, -0.1) is 0 Å². The molecule has 0 atom stereocenters. The van der Waals surface area contributed by atoms with E-state index in [1.165, 1.54) is 11.3 Å². The number of nitrogens with zero attached hydrogens (tertiary/aromatic N) is 3. The van der Waals surface area contributed by atoms with Gasteiger partial charge in [0.05, 0.1) is 6.54 Å². The summed E-state index contributed by atoms with van der Waals surface area (Å²) in [5, 5.41) is 0. The van der Waals surface area contributed by atoms with Crippen LogP contribution in [-0.4, -0.2) is 21.9 Å². The number of Topliss-reactive ketones (excluding diaryl/α,β-unsaturated/α-hetero) is 1. The van der Waals surface area contributed by atoms with Crippen molar-refractivity contribution in [3.63, 3.8) is 0 Å². The van der Waals surface area contributed by atoms with Crippen LogP contribution in [0.1, 0.15) is 42.0 Å². The number of rotatable bonds is 4. The van der Waals surface area contributed by atoms with Gasteiger partial charge in [0.25, 0.3) is 0 Å². The van der Waals surface area contributed by atoms with Crippen molar-refractivity contribution in [1.82, 2.24) is 9.55 Å². The van der Waals surface area contributed by atoms with Gasteiger partial charge >= 0.3 is 0 Å². The highest BCUT2D eigenvalue weighted by atomic mass is 16.1. The average molecular weight is 283 g/mol. The summed E-state index contributed by atoms with van der Waals surface area (Å²) in [4.78, 5) is 18.4. The number of hydrogen-bond donors (Lipinski definition) is 0. The predicted octanol–water partition coefficient (Wildman–Crippen LogP) is 3.06. The fraction of sp³-hybridized carbons (Fsp3) is 0.412. The van der Waals surface area contributed by atoms with E-state index in [1.807, 2.05) is 18.5 Å². The second-order valence-electron chi connectivity index (χ2n) is 5.55. The monoisotopic (exact) mass is 283 g/mol. The van der Waals surface area contributed by atoms with E-state index in [-0.39, 0.29) is 5.78 Å². The molecule has 1 aliphatic heterocycles. The molecule has 1 aliphatic rings. The van der Waals surface area contributed by atoms with Crippen LogP contribution < -0.4 is 4.90 Å². The zero-order valence-corrected chi connectivity index (χ0v) is 12.7. The molecule has 0 saturated heterocycles. The Bertz CT molecular complexity index is 660. The lowest BCUT2D eigenvalue weighted by molar-refractivity contribution is 0.101. The van der Waals surface area contributed by atoms with E-state index in [0.29, 0.717) is 0 Å². The van der Waals surface area contributed by atoms with Crippen LogP contribution in [0.4, 0.5) is 5.69 Å². The van der Waals surface area contributed by atoms with E-state index in [9.17, 15) is 4.79 Å². The van der Waals surface area contributed by atoms with E-state index in [2.05, 4.69) is 33.5 Å².